The number of ether oxygens (including phenoxy) is 1. The summed E-state index contributed by atoms with van der Waals surface area (Å²) in [5.41, 5.74) is 2.66. The van der Waals surface area contributed by atoms with Crippen LogP contribution in [0.25, 0.3) is 0 Å². The van der Waals surface area contributed by atoms with E-state index in [0.717, 1.165) is 17.7 Å². The van der Waals surface area contributed by atoms with E-state index in [2.05, 4.69) is 10.0 Å². The van der Waals surface area contributed by atoms with Crippen molar-refractivity contribution >= 4 is 21.4 Å². The Labute approximate surface area is 144 Å². The van der Waals surface area contributed by atoms with Crippen molar-refractivity contribution in [2.75, 3.05) is 36.1 Å². The fraction of sp³-hybridized carbons (Fsp3) is 0.333. The third-order valence-corrected chi connectivity index (χ3v) is 4.89. The first-order valence-electron chi connectivity index (χ1n) is 7.96. The first-order valence-corrected chi connectivity index (χ1v) is 9.61. The van der Waals surface area contributed by atoms with Crippen molar-refractivity contribution in [1.29, 1.82) is 0 Å². The molecule has 0 bridgehead atoms. The summed E-state index contributed by atoms with van der Waals surface area (Å²) in [5.74, 6) is 0.107. The van der Waals surface area contributed by atoms with Gasteiger partial charge in [-0.3, -0.25) is 4.72 Å². The highest BCUT2D eigenvalue weighted by atomic mass is 32.2. The fourth-order valence-electron chi connectivity index (χ4n) is 2.30. The monoisotopic (exact) mass is 348 g/mol. The minimum Gasteiger partial charge on any atom is -0.383 e. The highest BCUT2D eigenvalue weighted by Gasteiger charge is 2.10. The van der Waals surface area contributed by atoms with Crippen LogP contribution >= 0.6 is 0 Å². The van der Waals surface area contributed by atoms with Gasteiger partial charge in [0, 0.05) is 25.0 Å². The van der Waals surface area contributed by atoms with Crippen LogP contribution < -0.4 is 10.0 Å². The molecule has 0 aliphatic rings. The van der Waals surface area contributed by atoms with Gasteiger partial charge in [0.25, 0.3) is 0 Å². The first-order chi connectivity index (χ1) is 11.6. The van der Waals surface area contributed by atoms with Crippen LogP contribution in [0.4, 0.5) is 11.4 Å². The maximum atomic E-state index is 12.1. The van der Waals surface area contributed by atoms with Crippen molar-refractivity contribution < 1.29 is 13.2 Å². The molecule has 2 N–H and O–H groups in total. The number of nitrogens with one attached hydrogen (secondary N) is 2. The summed E-state index contributed by atoms with van der Waals surface area (Å²) in [5, 5.41) is 3.19. The predicted octanol–water partition coefficient (Wildman–Crippen LogP) is 3.12. The zero-order chi connectivity index (χ0) is 17.3. The zero-order valence-electron chi connectivity index (χ0n) is 13.9. The molecule has 2 rings (SSSR count). The van der Waals surface area contributed by atoms with E-state index >= 15 is 0 Å². The van der Waals surface area contributed by atoms with Gasteiger partial charge < -0.3 is 10.1 Å². The van der Waals surface area contributed by atoms with Crippen LogP contribution in [-0.4, -0.2) is 34.4 Å². The predicted molar refractivity (Wildman–Crippen MR) is 99.0 cm³/mol. The van der Waals surface area contributed by atoms with Crippen molar-refractivity contribution in [2.45, 2.75) is 12.8 Å². The molecule has 6 heteroatoms. The minimum atomic E-state index is -3.33. The second kappa shape index (κ2) is 9.30. The average Bonchev–Trinajstić information content (AvgIpc) is 2.57. The van der Waals surface area contributed by atoms with Crippen LogP contribution in [0.3, 0.4) is 0 Å². The van der Waals surface area contributed by atoms with Crippen molar-refractivity contribution in [3.63, 3.8) is 0 Å². The standard InChI is InChI=1S/C18H24N2O3S/c1-23-14-13-19-17-9-11-18(12-10-17)20-24(21,22)15-5-8-16-6-3-2-4-7-16/h2-4,6-7,9-12,19-20H,5,8,13-15H2,1H3. The second-order valence-corrected chi connectivity index (χ2v) is 7.35. The summed E-state index contributed by atoms with van der Waals surface area (Å²) < 4.78 is 31.9. The molecule has 0 spiro atoms. The summed E-state index contributed by atoms with van der Waals surface area (Å²) in [6.45, 7) is 1.33. The first kappa shape index (κ1) is 18.3. The molecule has 0 aliphatic heterocycles. The summed E-state index contributed by atoms with van der Waals surface area (Å²) in [6, 6.07) is 17.1. The average molecular weight is 348 g/mol. The molecular formula is C18H24N2O3S. The molecule has 5 nitrogen and oxygen atoms in total. The Morgan fingerprint density at radius 2 is 1.62 bits per heavy atom. The molecule has 130 valence electrons. The van der Waals surface area contributed by atoms with Crippen LogP contribution in [0.1, 0.15) is 12.0 Å². The molecule has 0 atom stereocenters. The Morgan fingerprint density at radius 1 is 0.958 bits per heavy atom. The summed E-state index contributed by atoms with van der Waals surface area (Å²) in [6.07, 6.45) is 1.35. The SMILES string of the molecule is COCCNc1ccc(NS(=O)(=O)CCCc2ccccc2)cc1. The Balaban J connectivity index is 1.80. The van der Waals surface area contributed by atoms with Gasteiger partial charge in [0.05, 0.1) is 12.4 Å². The molecule has 2 aromatic carbocycles. The molecule has 0 aliphatic carbocycles. The largest absolute Gasteiger partial charge is 0.383 e. The van der Waals surface area contributed by atoms with E-state index in [1.165, 1.54) is 0 Å². The van der Waals surface area contributed by atoms with E-state index in [-0.39, 0.29) is 5.75 Å². The molecule has 0 heterocycles. The van der Waals surface area contributed by atoms with Gasteiger partial charge in [-0.05, 0) is 42.7 Å². The number of methoxy groups -OCH3 is 1. The van der Waals surface area contributed by atoms with E-state index in [0.29, 0.717) is 25.3 Å². The Hall–Kier alpha value is -2.05. The van der Waals surface area contributed by atoms with E-state index in [1.807, 2.05) is 42.5 Å². The lowest BCUT2D eigenvalue weighted by Gasteiger charge is -2.10. The lowest BCUT2D eigenvalue weighted by atomic mass is 10.1. The van der Waals surface area contributed by atoms with Gasteiger partial charge >= 0.3 is 0 Å². The van der Waals surface area contributed by atoms with Gasteiger partial charge in [-0.1, -0.05) is 30.3 Å². The molecule has 0 fully saturated rings. The topological polar surface area (TPSA) is 67.4 Å². The van der Waals surface area contributed by atoms with Crippen LogP contribution in [0.2, 0.25) is 0 Å². The third-order valence-electron chi connectivity index (χ3n) is 3.51. The maximum absolute atomic E-state index is 12.1. The highest BCUT2D eigenvalue weighted by Crippen LogP contribution is 2.15. The lowest BCUT2D eigenvalue weighted by molar-refractivity contribution is 0.211. The molecule has 0 saturated carbocycles. The van der Waals surface area contributed by atoms with Gasteiger partial charge in [-0.15, -0.1) is 0 Å². The van der Waals surface area contributed by atoms with Gasteiger partial charge in [-0.25, -0.2) is 8.42 Å². The molecule has 2 aromatic rings. The van der Waals surface area contributed by atoms with E-state index < -0.39 is 10.0 Å². The quantitative estimate of drug-likeness (QED) is 0.648. The normalized spacial score (nSPS) is 11.2. The summed E-state index contributed by atoms with van der Waals surface area (Å²) in [4.78, 5) is 0. The van der Waals surface area contributed by atoms with Gasteiger partial charge in [0.2, 0.25) is 10.0 Å². The fourth-order valence-corrected chi connectivity index (χ4v) is 3.42. The van der Waals surface area contributed by atoms with Crippen molar-refractivity contribution in [2.24, 2.45) is 0 Å². The number of sulfonamides is 1. The van der Waals surface area contributed by atoms with Gasteiger partial charge in [0.15, 0.2) is 0 Å². The maximum Gasteiger partial charge on any atom is 0.232 e. The third kappa shape index (κ3) is 6.60. The molecular weight excluding hydrogens is 324 g/mol. The Morgan fingerprint density at radius 3 is 2.29 bits per heavy atom. The molecule has 0 amide bonds. The van der Waals surface area contributed by atoms with Crippen molar-refractivity contribution in [3.05, 3.63) is 60.2 Å². The van der Waals surface area contributed by atoms with E-state index in [9.17, 15) is 8.42 Å². The lowest BCUT2D eigenvalue weighted by Crippen LogP contribution is -2.17. The van der Waals surface area contributed by atoms with Crippen molar-refractivity contribution in [3.8, 4) is 0 Å². The number of anilines is 2. The van der Waals surface area contributed by atoms with Crippen LogP contribution in [0.15, 0.2) is 54.6 Å². The summed E-state index contributed by atoms with van der Waals surface area (Å²) in [7, 11) is -1.68. The number of hydrogen-bond donors (Lipinski definition) is 2. The van der Waals surface area contributed by atoms with Crippen molar-refractivity contribution in [1.82, 2.24) is 0 Å². The molecule has 0 saturated heterocycles. The van der Waals surface area contributed by atoms with Gasteiger partial charge in [-0.2, -0.15) is 0 Å². The molecule has 0 radical (unpaired) electrons. The van der Waals surface area contributed by atoms with Crippen LogP contribution in [0.5, 0.6) is 0 Å². The molecule has 24 heavy (non-hydrogen) atoms. The number of benzene rings is 2. The molecule has 0 aromatic heterocycles. The van der Waals surface area contributed by atoms with Crippen LogP contribution in [-0.2, 0) is 21.2 Å². The zero-order valence-corrected chi connectivity index (χ0v) is 14.7. The minimum absolute atomic E-state index is 0.107. The van der Waals surface area contributed by atoms with E-state index in [1.54, 1.807) is 19.2 Å². The Bertz CT molecular complexity index is 701. The number of rotatable bonds is 10. The van der Waals surface area contributed by atoms with Gasteiger partial charge in [0.1, 0.15) is 0 Å². The van der Waals surface area contributed by atoms with E-state index in [4.69, 9.17) is 4.74 Å². The number of aryl methyl sites for hydroxylation is 1. The molecule has 0 unspecified atom stereocenters. The summed E-state index contributed by atoms with van der Waals surface area (Å²) >= 11 is 0. The smallest absolute Gasteiger partial charge is 0.232 e. The highest BCUT2D eigenvalue weighted by molar-refractivity contribution is 7.92. The second-order valence-electron chi connectivity index (χ2n) is 5.51. The van der Waals surface area contributed by atoms with Crippen LogP contribution in [0, 0.1) is 0 Å². The Kier molecular flexibility index (Phi) is 7.08. The number of hydrogen-bond acceptors (Lipinski definition) is 4.